The maximum Gasteiger partial charge on any atom is 0.251 e. The lowest BCUT2D eigenvalue weighted by Crippen LogP contribution is -2.36. The van der Waals surface area contributed by atoms with E-state index < -0.39 is 0 Å². The molecule has 1 amide bonds. The van der Waals surface area contributed by atoms with Gasteiger partial charge in [-0.25, -0.2) is 0 Å². The topological polar surface area (TPSA) is 38.8 Å². The van der Waals surface area contributed by atoms with Crippen LogP contribution in [0.4, 0.5) is 5.69 Å². The van der Waals surface area contributed by atoms with E-state index in [0.29, 0.717) is 13.2 Å². The molecule has 0 fully saturated rings. The third kappa shape index (κ3) is 3.13. The first kappa shape index (κ1) is 16.1. The van der Waals surface area contributed by atoms with Crippen molar-refractivity contribution in [1.29, 1.82) is 0 Å². The first-order valence-electron chi connectivity index (χ1n) is 7.97. The van der Waals surface area contributed by atoms with Gasteiger partial charge >= 0.3 is 0 Å². The Balaban J connectivity index is 1.85. The highest BCUT2D eigenvalue weighted by Crippen LogP contribution is 2.31. The number of hydrogen-bond donors (Lipinski definition) is 0. The van der Waals surface area contributed by atoms with E-state index in [4.69, 9.17) is 9.47 Å². The number of hydrogen-bond acceptors (Lipinski definition) is 3. The van der Waals surface area contributed by atoms with E-state index in [1.54, 1.807) is 18.1 Å². The predicted molar refractivity (Wildman–Crippen MR) is 95.8 cm³/mol. The Morgan fingerprint density at radius 3 is 2.62 bits per heavy atom. The molecular weight excluding hydrogens is 302 g/mol. The highest BCUT2D eigenvalue weighted by molar-refractivity contribution is 6.05. The number of para-hydroxylation sites is 2. The normalized spacial score (nSPS) is 13.5. The van der Waals surface area contributed by atoms with Crippen molar-refractivity contribution in [3.8, 4) is 11.5 Å². The molecule has 4 heteroatoms. The second-order valence-corrected chi connectivity index (χ2v) is 5.81. The average Bonchev–Trinajstić information content (AvgIpc) is 2.60. The van der Waals surface area contributed by atoms with Gasteiger partial charge in [0.05, 0.1) is 19.3 Å². The predicted octanol–water partition coefficient (Wildman–Crippen LogP) is 3.75. The number of ether oxygens (including phenoxy) is 2. The lowest BCUT2D eigenvalue weighted by Gasteiger charge is -2.28. The molecule has 0 radical (unpaired) electrons. The Morgan fingerprint density at radius 1 is 1.21 bits per heavy atom. The molecule has 3 rings (SSSR count). The summed E-state index contributed by atoms with van der Waals surface area (Å²) in [5.41, 5.74) is 4.03. The monoisotopic (exact) mass is 323 g/mol. The SMILES string of the molecule is COc1cc(C)c(/C=C/C(=O)N2CCOc3ccccc32)c(C)c1. The van der Waals surface area contributed by atoms with Crippen LogP contribution in [0, 0.1) is 13.8 Å². The number of fused-ring (bicyclic) bond motifs is 1. The van der Waals surface area contributed by atoms with Crippen molar-refractivity contribution in [2.24, 2.45) is 0 Å². The van der Waals surface area contributed by atoms with Crippen LogP contribution >= 0.6 is 0 Å². The molecule has 1 aliphatic rings. The summed E-state index contributed by atoms with van der Waals surface area (Å²) in [6.45, 7) is 5.10. The van der Waals surface area contributed by atoms with Crippen LogP contribution in [0.2, 0.25) is 0 Å². The Bertz CT molecular complexity index is 772. The second-order valence-electron chi connectivity index (χ2n) is 5.81. The molecule has 1 aliphatic heterocycles. The van der Waals surface area contributed by atoms with Gasteiger partial charge in [0.1, 0.15) is 18.1 Å². The molecule has 0 spiro atoms. The lowest BCUT2D eigenvalue weighted by molar-refractivity contribution is -0.114. The minimum Gasteiger partial charge on any atom is -0.497 e. The molecule has 2 aromatic rings. The smallest absolute Gasteiger partial charge is 0.251 e. The molecule has 4 nitrogen and oxygen atoms in total. The highest BCUT2D eigenvalue weighted by Gasteiger charge is 2.21. The van der Waals surface area contributed by atoms with Crippen LogP contribution in [-0.4, -0.2) is 26.2 Å². The van der Waals surface area contributed by atoms with E-state index in [9.17, 15) is 4.79 Å². The van der Waals surface area contributed by atoms with Crippen molar-refractivity contribution >= 4 is 17.7 Å². The zero-order chi connectivity index (χ0) is 17.1. The Morgan fingerprint density at radius 2 is 1.92 bits per heavy atom. The quantitative estimate of drug-likeness (QED) is 0.808. The molecule has 0 aliphatic carbocycles. The zero-order valence-corrected chi connectivity index (χ0v) is 14.2. The number of carbonyl (C=O) groups is 1. The second kappa shape index (κ2) is 6.79. The summed E-state index contributed by atoms with van der Waals surface area (Å²) in [6, 6.07) is 11.6. The molecule has 1 heterocycles. The molecule has 0 unspecified atom stereocenters. The van der Waals surface area contributed by atoms with E-state index >= 15 is 0 Å². The first-order valence-corrected chi connectivity index (χ1v) is 7.97. The van der Waals surface area contributed by atoms with Crippen molar-refractivity contribution < 1.29 is 14.3 Å². The minimum absolute atomic E-state index is 0.0413. The van der Waals surface area contributed by atoms with Crippen LogP contribution < -0.4 is 14.4 Å². The molecular formula is C20H21NO3. The number of nitrogens with zero attached hydrogens (tertiary/aromatic N) is 1. The number of aryl methyl sites for hydroxylation is 2. The van der Waals surface area contributed by atoms with Gasteiger partial charge in [-0.05, 0) is 60.9 Å². The molecule has 124 valence electrons. The highest BCUT2D eigenvalue weighted by atomic mass is 16.5. The van der Waals surface area contributed by atoms with Gasteiger partial charge in [0.15, 0.2) is 0 Å². The first-order chi connectivity index (χ1) is 11.6. The fourth-order valence-corrected chi connectivity index (χ4v) is 2.96. The van der Waals surface area contributed by atoms with Crippen molar-refractivity contribution in [1.82, 2.24) is 0 Å². The van der Waals surface area contributed by atoms with Crippen LogP contribution in [0.15, 0.2) is 42.5 Å². The van der Waals surface area contributed by atoms with E-state index in [0.717, 1.165) is 33.9 Å². The summed E-state index contributed by atoms with van der Waals surface area (Å²) in [5.74, 6) is 1.54. The third-order valence-corrected chi connectivity index (χ3v) is 4.19. The number of carbonyl (C=O) groups excluding carboxylic acids is 1. The summed E-state index contributed by atoms with van der Waals surface area (Å²) < 4.78 is 10.9. The van der Waals surface area contributed by atoms with Gasteiger partial charge in [0, 0.05) is 6.08 Å². The molecule has 24 heavy (non-hydrogen) atoms. The molecule has 0 saturated carbocycles. The van der Waals surface area contributed by atoms with Gasteiger partial charge in [-0.1, -0.05) is 12.1 Å². The Labute approximate surface area is 142 Å². The van der Waals surface area contributed by atoms with Crippen LogP contribution in [-0.2, 0) is 4.79 Å². The van der Waals surface area contributed by atoms with Crippen molar-refractivity contribution in [3.63, 3.8) is 0 Å². The van der Waals surface area contributed by atoms with Gasteiger partial charge in [-0.15, -0.1) is 0 Å². The number of amides is 1. The van der Waals surface area contributed by atoms with Gasteiger partial charge in [0.25, 0.3) is 5.91 Å². The maximum absolute atomic E-state index is 12.6. The number of anilines is 1. The largest absolute Gasteiger partial charge is 0.497 e. The van der Waals surface area contributed by atoms with E-state index in [1.807, 2.05) is 56.3 Å². The fraction of sp³-hybridized carbons (Fsp3) is 0.250. The van der Waals surface area contributed by atoms with Crippen LogP contribution in [0.1, 0.15) is 16.7 Å². The Hall–Kier alpha value is -2.75. The van der Waals surface area contributed by atoms with Crippen molar-refractivity contribution in [2.45, 2.75) is 13.8 Å². The van der Waals surface area contributed by atoms with Crippen LogP contribution in [0.25, 0.3) is 6.08 Å². The zero-order valence-electron chi connectivity index (χ0n) is 14.2. The summed E-state index contributed by atoms with van der Waals surface area (Å²) in [5, 5.41) is 0. The molecule has 0 atom stereocenters. The van der Waals surface area contributed by atoms with Gasteiger partial charge in [-0.2, -0.15) is 0 Å². The van der Waals surface area contributed by atoms with E-state index in [1.165, 1.54) is 0 Å². The van der Waals surface area contributed by atoms with Gasteiger partial charge in [-0.3, -0.25) is 4.79 Å². The molecule has 0 saturated heterocycles. The Kier molecular flexibility index (Phi) is 4.56. The summed E-state index contributed by atoms with van der Waals surface area (Å²) >= 11 is 0. The van der Waals surface area contributed by atoms with E-state index in [2.05, 4.69) is 0 Å². The third-order valence-electron chi connectivity index (χ3n) is 4.19. The lowest BCUT2D eigenvalue weighted by atomic mass is 10.0. The summed E-state index contributed by atoms with van der Waals surface area (Å²) in [7, 11) is 1.66. The molecule has 0 aromatic heterocycles. The molecule has 2 aromatic carbocycles. The summed E-state index contributed by atoms with van der Waals surface area (Å²) in [6.07, 6.45) is 3.51. The maximum atomic E-state index is 12.6. The summed E-state index contributed by atoms with van der Waals surface area (Å²) in [4.78, 5) is 14.4. The van der Waals surface area contributed by atoms with Crippen LogP contribution in [0.5, 0.6) is 11.5 Å². The van der Waals surface area contributed by atoms with Crippen molar-refractivity contribution in [2.75, 3.05) is 25.2 Å². The van der Waals surface area contributed by atoms with Gasteiger partial charge in [0.2, 0.25) is 0 Å². The molecule has 0 bridgehead atoms. The van der Waals surface area contributed by atoms with Crippen LogP contribution in [0.3, 0.4) is 0 Å². The number of benzene rings is 2. The van der Waals surface area contributed by atoms with Gasteiger partial charge < -0.3 is 14.4 Å². The number of rotatable bonds is 3. The fourth-order valence-electron chi connectivity index (χ4n) is 2.96. The molecule has 0 N–H and O–H groups in total. The number of methoxy groups -OCH3 is 1. The minimum atomic E-state index is -0.0413. The standard InChI is InChI=1S/C20H21NO3/c1-14-12-16(23-3)13-15(2)17(14)8-9-20(22)21-10-11-24-19-7-5-4-6-18(19)21/h4-9,12-13H,10-11H2,1-3H3/b9-8+. The van der Waals surface area contributed by atoms with E-state index in [-0.39, 0.29) is 5.91 Å². The average molecular weight is 323 g/mol. The van der Waals surface area contributed by atoms with Crippen molar-refractivity contribution in [3.05, 3.63) is 59.2 Å².